The number of nitrogens with one attached hydrogen (secondary N) is 1. The standard InChI is InChI=1S/C21H23N3O2/c25-20-14-16-9-3-4-10-17(16)24(20)18(13-15-7-1-2-8-15)21(26)23-19-11-5-6-12-22-19/h3-6,9-12,15,18H,1-2,7-8,13-14H2,(H,22,23,26). The third kappa shape index (κ3) is 3.34. The number of amides is 2. The lowest BCUT2D eigenvalue weighted by atomic mass is 9.96. The number of hydrogen-bond acceptors (Lipinski definition) is 3. The lowest BCUT2D eigenvalue weighted by Gasteiger charge is -2.29. The summed E-state index contributed by atoms with van der Waals surface area (Å²) in [5.41, 5.74) is 1.87. The van der Waals surface area contributed by atoms with Gasteiger partial charge < -0.3 is 5.32 Å². The van der Waals surface area contributed by atoms with Crippen LogP contribution in [0.5, 0.6) is 0 Å². The first kappa shape index (κ1) is 16.8. The molecule has 0 saturated heterocycles. The van der Waals surface area contributed by atoms with E-state index in [2.05, 4.69) is 10.3 Å². The molecular weight excluding hydrogens is 326 g/mol. The molecular formula is C21H23N3O2. The number of carbonyl (C=O) groups is 2. The van der Waals surface area contributed by atoms with Crippen LogP contribution in [0, 0.1) is 5.92 Å². The smallest absolute Gasteiger partial charge is 0.248 e. The van der Waals surface area contributed by atoms with Crippen LogP contribution >= 0.6 is 0 Å². The van der Waals surface area contributed by atoms with Crippen LogP contribution < -0.4 is 10.2 Å². The predicted molar refractivity (Wildman–Crippen MR) is 101 cm³/mol. The molecule has 2 heterocycles. The molecule has 5 nitrogen and oxygen atoms in total. The summed E-state index contributed by atoms with van der Waals surface area (Å²) in [7, 11) is 0. The van der Waals surface area contributed by atoms with Crippen molar-refractivity contribution in [2.75, 3.05) is 10.2 Å². The van der Waals surface area contributed by atoms with E-state index in [4.69, 9.17) is 0 Å². The van der Waals surface area contributed by atoms with Gasteiger partial charge in [-0.3, -0.25) is 14.5 Å². The van der Waals surface area contributed by atoms with Gasteiger partial charge in [-0.2, -0.15) is 0 Å². The summed E-state index contributed by atoms with van der Waals surface area (Å²) in [6, 6.07) is 12.7. The van der Waals surface area contributed by atoms with Crippen molar-refractivity contribution < 1.29 is 9.59 Å². The first-order valence-corrected chi connectivity index (χ1v) is 9.34. The summed E-state index contributed by atoms with van der Waals surface area (Å²) in [5.74, 6) is 0.870. The molecule has 4 rings (SSSR count). The Labute approximate surface area is 153 Å². The molecule has 0 radical (unpaired) electrons. The van der Waals surface area contributed by atoms with Gasteiger partial charge >= 0.3 is 0 Å². The van der Waals surface area contributed by atoms with Gasteiger partial charge in [-0.05, 0) is 36.1 Å². The maximum atomic E-state index is 13.1. The third-order valence-electron chi connectivity index (χ3n) is 5.42. The van der Waals surface area contributed by atoms with Gasteiger partial charge in [0.15, 0.2) is 0 Å². The van der Waals surface area contributed by atoms with Gasteiger partial charge in [-0.1, -0.05) is 49.9 Å². The molecule has 1 saturated carbocycles. The Balaban J connectivity index is 1.62. The zero-order valence-electron chi connectivity index (χ0n) is 14.7. The number of hydrogen-bond donors (Lipinski definition) is 1. The second kappa shape index (κ2) is 7.28. The van der Waals surface area contributed by atoms with Crippen LogP contribution in [0.3, 0.4) is 0 Å². The highest BCUT2D eigenvalue weighted by molar-refractivity contribution is 6.08. The number of rotatable bonds is 5. The number of carbonyl (C=O) groups excluding carboxylic acids is 2. The summed E-state index contributed by atoms with van der Waals surface area (Å²) < 4.78 is 0. The Bertz CT molecular complexity index is 800. The van der Waals surface area contributed by atoms with Gasteiger partial charge in [-0.25, -0.2) is 4.98 Å². The van der Waals surface area contributed by atoms with Crippen molar-refractivity contribution in [1.82, 2.24) is 4.98 Å². The van der Waals surface area contributed by atoms with E-state index >= 15 is 0 Å². The van der Waals surface area contributed by atoms with E-state index in [0.29, 0.717) is 24.6 Å². The number of pyridine rings is 1. The fourth-order valence-corrected chi connectivity index (χ4v) is 4.16. The van der Waals surface area contributed by atoms with E-state index in [-0.39, 0.29) is 11.8 Å². The zero-order valence-corrected chi connectivity index (χ0v) is 14.7. The molecule has 1 aromatic heterocycles. The summed E-state index contributed by atoms with van der Waals surface area (Å²) >= 11 is 0. The van der Waals surface area contributed by atoms with Crippen molar-refractivity contribution in [2.24, 2.45) is 5.92 Å². The normalized spacial score (nSPS) is 18.0. The van der Waals surface area contributed by atoms with Crippen LogP contribution in [0.2, 0.25) is 0 Å². The molecule has 26 heavy (non-hydrogen) atoms. The van der Waals surface area contributed by atoms with E-state index in [0.717, 1.165) is 24.1 Å². The molecule has 5 heteroatoms. The number of nitrogens with zero attached hydrogens (tertiary/aromatic N) is 2. The van der Waals surface area contributed by atoms with Gasteiger partial charge in [0, 0.05) is 11.9 Å². The van der Waals surface area contributed by atoms with Gasteiger partial charge in [-0.15, -0.1) is 0 Å². The topological polar surface area (TPSA) is 62.3 Å². The van der Waals surface area contributed by atoms with Crippen molar-refractivity contribution in [1.29, 1.82) is 0 Å². The Morgan fingerprint density at radius 3 is 2.69 bits per heavy atom. The van der Waals surface area contributed by atoms with Crippen molar-refractivity contribution in [3.05, 3.63) is 54.2 Å². The van der Waals surface area contributed by atoms with Gasteiger partial charge in [0.25, 0.3) is 0 Å². The van der Waals surface area contributed by atoms with Crippen molar-refractivity contribution in [3.63, 3.8) is 0 Å². The van der Waals surface area contributed by atoms with E-state index in [1.165, 1.54) is 12.8 Å². The molecule has 2 aliphatic rings. The molecule has 2 aromatic rings. The monoisotopic (exact) mass is 349 g/mol. The molecule has 1 atom stereocenters. The molecule has 0 spiro atoms. The zero-order chi connectivity index (χ0) is 17.9. The molecule has 1 N–H and O–H groups in total. The number of fused-ring (bicyclic) bond motifs is 1. The molecule has 1 unspecified atom stereocenters. The Morgan fingerprint density at radius 1 is 1.15 bits per heavy atom. The molecule has 1 aliphatic heterocycles. The SMILES string of the molecule is O=C(Nc1ccccn1)C(CC1CCCC1)N1C(=O)Cc2ccccc21. The fraction of sp³-hybridized carbons (Fsp3) is 0.381. The highest BCUT2D eigenvalue weighted by Crippen LogP contribution is 2.35. The highest BCUT2D eigenvalue weighted by atomic mass is 16.2. The minimum Gasteiger partial charge on any atom is -0.309 e. The van der Waals surface area contributed by atoms with Gasteiger partial charge in [0.2, 0.25) is 11.8 Å². The number of benzene rings is 1. The van der Waals surface area contributed by atoms with Crippen molar-refractivity contribution in [2.45, 2.75) is 44.6 Å². The molecule has 1 fully saturated rings. The van der Waals surface area contributed by atoms with Crippen LogP contribution in [0.15, 0.2) is 48.7 Å². The highest BCUT2D eigenvalue weighted by Gasteiger charge is 2.38. The largest absolute Gasteiger partial charge is 0.309 e. The van der Waals surface area contributed by atoms with Gasteiger partial charge in [0.1, 0.15) is 11.9 Å². The van der Waals surface area contributed by atoms with E-state index in [9.17, 15) is 9.59 Å². The van der Waals surface area contributed by atoms with E-state index < -0.39 is 6.04 Å². The van der Waals surface area contributed by atoms with E-state index in [1.807, 2.05) is 36.4 Å². The average Bonchev–Trinajstić information content (AvgIpc) is 3.27. The number of aromatic nitrogens is 1. The lowest BCUT2D eigenvalue weighted by molar-refractivity contribution is -0.123. The Hall–Kier alpha value is -2.69. The minimum atomic E-state index is -0.490. The van der Waals surface area contributed by atoms with Crippen LogP contribution in [0.1, 0.15) is 37.7 Å². The lowest BCUT2D eigenvalue weighted by Crippen LogP contribution is -2.47. The van der Waals surface area contributed by atoms with Crippen LogP contribution in [-0.4, -0.2) is 22.8 Å². The van der Waals surface area contributed by atoms with Crippen molar-refractivity contribution >= 4 is 23.3 Å². The summed E-state index contributed by atoms with van der Waals surface area (Å²) in [6.45, 7) is 0. The maximum Gasteiger partial charge on any atom is 0.248 e. The summed E-state index contributed by atoms with van der Waals surface area (Å²) in [4.78, 5) is 31.7. The third-order valence-corrected chi connectivity index (χ3v) is 5.42. The summed E-state index contributed by atoms with van der Waals surface area (Å²) in [6.07, 6.45) is 7.42. The number of para-hydroxylation sites is 1. The molecule has 1 aliphatic carbocycles. The average molecular weight is 349 g/mol. The van der Waals surface area contributed by atoms with Crippen LogP contribution in [-0.2, 0) is 16.0 Å². The maximum absolute atomic E-state index is 13.1. The molecule has 1 aromatic carbocycles. The second-order valence-electron chi connectivity index (χ2n) is 7.18. The second-order valence-corrected chi connectivity index (χ2v) is 7.18. The first-order chi connectivity index (χ1) is 12.7. The number of anilines is 2. The molecule has 2 amide bonds. The molecule has 0 bridgehead atoms. The van der Waals surface area contributed by atoms with Crippen molar-refractivity contribution in [3.8, 4) is 0 Å². The molecule has 134 valence electrons. The summed E-state index contributed by atoms with van der Waals surface area (Å²) in [5, 5.41) is 2.90. The first-order valence-electron chi connectivity index (χ1n) is 9.34. The van der Waals surface area contributed by atoms with Gasteiger partial charge in [0.05, 0.1) is 6.42 Å². The van der Waals surface area contributed by atoms with E-state index in [1.54, 1.807) is 17.2 Å². The fourth-order valence-electron chi connectivity index (χ4n) is 4.16. The Kier molecular flexibility index (Phi) is 4.69. The Morgan fingerprint density at radius 2 is 1.92 bits per heavy atom. The quantitative estimate of drug-likeness (QED) is 0.898. The predicted octanol–water partition coefficient (Wildman–Crippen LogP) is 3.56. The minimum absolute atomic E-state index is 0.00497. The van der Waals surface area contributed by atoms with Crippen LogP contribution in [0.4, 0.5) is 11.5 Å². The van der Waals surface area contributed by atoms with Crippen LogP contribution in [0.25, 0.3) is 0 Å².